The maximum atomic E-state index is 12.5. The van der Waals surface area contributed by atoms with Crippen LogP contribution < -0.4 is 15.4 Å². The number of ether oxygens (including phenoxy) is 1. The third kappa shape index (κ3) is 5.73. The fourth-order valence-corrected chi connectivity index (χ4v) is 3.60. The maximum Gasteiger partial charge on any atom is 0.317 e. The summed E-state index contributed by atoms with van der Waals surface area (Å²) < 4.78 is 5.39. The van der Waals surface area contributed by atoms with E-state index in [9.17, 15) is 9.59 Å². The number of carbonyl (C=O) groups is 2. The lowest BCUT2D eigenvalue weighted by atomic mass is 10.0. The van der Waals surface area contributed by atoms with Gasteiger partial charge in [-0.15, -0.1) is 0 Å². The maximum absolute atomic E-state index is 12.5. The Bertz CT molecular complexity index is 831. The zero-order valence-corrected chi connectivity index (χ0v) is 17.1. The number of urea groups is 1. The smallest absolute Gasteiger partial charge is 0.317 e. The van der Waals surface area contributed by atoms with Crippen molar-refractivity contribution in [2.75, 3.05) is 26.7 Å². The molecule has 6 nitrogen and oxygen atoms in total. The molecule has 0 aromatic heterocycles. The van der Waals surface area contributed by atoms with E-state index in [0.717, 1.165) is 30.6 Å². The Hall–Kier alpha value is -3.02. The first-order chi connectivity index (χ1) is 14.1. The van der Waals surface area contributed by atoms with Crippen molar-refractivity contribution in [3.63, 3.8) is 0 Å². The molecule has 0 unspecified atom stereocenters. The van der Waals surface area contributed by atoms with E-state index in [4.69, 9.17) is 4.74 Å². The molecule has 3 rings (SSSR count). The largest absolute Gasteiger partial charge is 0.496 e. The number of aryl methyl sites for hydroxylation is 1. The van der Waals surface area contributed by atoms with Crippen LogP contribution in [0.1, 0.15) is 34.3 Å². The molecule has 6 heteroatoms. The van der Waals surface area contributed by atoms with Crippen molar-refractivity contribution >= 4 is 11.9 Å². The minimum absolute atomic E-state index is 0.0514. The molecule has 0 bridgehead atoms. The molecule has 0 radical (unpaired) electrons. The highest BCUT2D eigenvalue weighted by Crippen LogP contribution is 2.20. The van der Waals surface area contributed by atoms with Gasteiger partial charge < -0.3 is 20.3 Å². The summed E-state index contributed by atoms with van der Waals surface area (Å²) in [4.78, 5) is 26.5. The van der Waals surface area contributed by atoms with Crippen LogP contribution in [0.2, 0.25) is 0 Å². The fourth-order valence-electron chi connectivity index (χ4n) is 3.60. The molecule has 2 aromatic carbocycles. The monoisotopic (exact) mass is 395 g/mol. The van der Waals surface area contributed by atoms with Crippen LogP contribution in [0.4, 0.5) is 4.79 Å². The molecule has 154 valence electrons. The second-order valence-electron chi connectivity index (χ2n) is 7.40. The van der Waals surface area contributed by atoms with Crippen molar-refractivity contribution in [3.05, 3.63) is 65.2 Å². The van der Waals surface area contributed by atoms with Crippen LogP contribution in [-0.4, -0.2) is 49.6 Å². The van der Waals surface area contributed by atoms with Crippen LogP contribution in [0.25, 0.3) is 0 Å². The minimum atomic E-state index is -0.0550. The second-order valence-corrected chi connectivity index (χ2v) is 7.40. The summed E-state index contributed by atoms with van der Waals surface area (Å²) in [6.07, 6.45) is 2.25. The number of hydrogen-bond donors (Lipinski definition) is 2. The number of nitrogens with one attached hydrogen (secondary N) is 2. The Morgan fingerprint density at radius 3 is 2.52 bits per heavy atom. The predicted molar refractivity (Wildman–Crippen MR) is 113 cm³/mol. The molecule has 1 aliphatic rings. The first-order valence-electron chi connectivity index (χ1n) is 10.1. The van der Waals surface area contributed by atoms with E-state index in [-0.39, 0.29) is 18.0 Å². The fraction of sp³-hybridized carbons (Fsp3) is 0.391. The average Bonchev–Trinajstić information content (AvgIpc) is 2.75. The lowest BCUT2D eigenvalue weighted by Gasteiger charge is -2.32. The zero-order chi connectivity index (χ0) is 20.6. The highest BCUT2D eigenvalue weighted by molar-refractivity contribution is 5.94. The van der Waals surface area contributed by atoms with Gasteiger partial charge in [-0.1, -0.05) is 35.9 Å². The Kier molecular flexibility index (Phi) is 7.11. The van der Waals surface area contributed by atoms with Crippen LogP contribution in [-0.2, 0) is 6.42 Å². The Labute approximate surface area is 172 Å². The normalized spacial score (nSPS) is 14.3. The predicted octanol–water partition coefficient (Wildman–Crippen LogP) is 3.15. The van der Waals surface area contributed by atoms with Crippen LogP contribution in [0.3, 0.4) is 0 Å². The topological polar surface area (TPSA) is 70.7 Å². The van der Waals surface area contributed by atoms with Crippen molar-refractivity contribution in [2.45, 2.75) is 32.2 Å². The standard InChI is InChI=1S/C23H29N3O3/c1-17-8-9-21(29-2)19(16-17)10-13-24-23(28)26-14-11-20(12-15-26)25-22(27)18-6-4-3-5-7-18/h3-9,16,20H,10-15H2,1-2H3,(H,24,28)(H,25,27). The summed E-state index contributed by atoms with van der Waals surface area (Å²) in [7, 11) is 1.66. The molecule has 3 amide bonds. The molecule has 2 aromatic rings. The summed E-state index contributed by atoms with van der Waals surface area (Å²) in [6.45, 7) is 3.88. The number of benzene rings is 2. The Morgan fingerprint density at radius 2 is 1.83 bits per heavy atom. The number of likely N-dealkylation sites (tertiary alicyclic amines) is 1. The van der Waals surface area contributed by atoms with Gasteiger partial charge in [0.2, 0.25) is 0 Å². The molecular formula is C23H29N3O3. The van der Waals surface area contributed by atoms with Gasteiger partial charge in [0, 0.05) is 31.2 Å². The number of methoxy groups -OCH3 is 1. The highest BCUT2D eigenvalue weighted by Gasteiger charge is 2.24. The molecule has 0 atom stereocenters. The third-order valence-corrected chi connectivity index (χ3v) is 5.26. The van der Waals surface area contributed by atoms with E-state index in [2.05, 4.69) is 16.7 Å². The third-order valence-electron chi connectivity index (χ3n) is 5.26. The van der Waals surface area contributed by atoms with E-state index in [1.54, 1.807) is 19.2 Å². The van der Waals surface area contributed by atoms with Crippen LogP contribution in [0.15, 0.2) is 48.5 Å². The number of nitrogens with zero attached hydrogens (tertiary/aromatic N) is 1. The van der Waals surface area contributed by atoms with Crippen LogP contribution in [0, 0.1) is 6.92 Å². The van der Waals surface area contributed by atoms with Gasteiger partial charge in [-0.05, 0) is 49.9 Å². The highest BCUT2D eigenvalue weighted by atomic mass is 16.5. The summed E-state index contributed by atoms with van der Waals surface area (Å²) in [5.41, 5.74) is 2.93. The van der Waals surface area contributed by atoms with E-state index in [1.807, 2.05) is 42.2 Å². The van der Waals surface area contributed by atoms with Gasteiger partial charge in [-0.2, -0.15) is 0 Å². The van der Waals surface area contributed by atoms with E-state index >= 15 is 0 Å². The van der Waals surface area contributed by atoms with Crippen molar-refractivity contribution in [2.24, 2.45) is 0 Å². The van der Waals surface area contributed by atoms with Gasteiger partial charge in [0.05, 0.1) is 7.11 Å². The quantitative estimate of drug-likeness (QED) is 0.789. The first-order valence-corrected chi connectivity index (χ1v) is 10.1. The first kappa shape index (κ1) is 20.7. The summed E-state index contributed by atoms with van der Waals surface area (Å²) in [6, 6.07) is 15.3. The summed E-state index contributed by atoms with van der Waals surface area (Å²) in [5, 5.41) is 6.06. The Balaban J connectivity index is 1.41. The minimum Gasteiger partial charge on any atom is -0.496 e. The summed E-state index contributed by atoms with van der Waals surface area (Å²) in [5.74, 6) is 0.792. The van der Waals surface area contributed by atoms with Gasteiger partial charge >= 0.3 is 6.03 Å². The second kappa shape index (κ2) is 9.96. The van der Waals surface area contributed by atoms with Crippen molar-refractivity contribution in [1.82, 2.24) is 15.5 Å². The molecule has 1 fully saturated rings. The molecule has 0 saturated carbocycles. The van der Waals surface area contributed by atoms with E-state index in [0.29, 0.717) is 25.2 Å². The van der Waals surface area contributed by atoms with Crippen molar-refractivity contribution in [3.8, 4) is 5.75 Å². The molecular weight excluding hydrogens is 366 g/mol. The van der Waals surface area contributed by atoms with Gasteiger partial charge in [0.1, 0.15) is 5.75 Å². The van der Waals surface area contributed by atoms with Gasteiger partial charge in [0.15, 0.2) is 0 Å². The van der Waals surface area contributed by atoms with E-state index in [1.165, 1.54) is 5.56 Å². The molecule has 1 saturated heterocycles. The van der Waals surface area contributed by atoms with Crippen LogP contribution in [0.5, 0.6) is 5.75 Å². The molecule has 2 N–H and O–H groups in total. The molecule has 29 heavy (non-hydrogen) atoms. The van der Waals surface area contributed by atoms with Gasteiger partial charge in [-0.25, -0.2) is 4.79 Å². The van der Waals surface area contributed by atoms with Crippen molar-refractivity contribution < 1.29 is 14.3 Å². The average molecular weight is 396 g/mol. The number of rotatable bonds is 6. The van der Waals surface area contributed by atoms with E-state index < -0.39 is 0 Å². The number of carbonyl (C=O) groups excluding carboxylic acids is 2. The number of amides is 3. The summed E-state index contributed by atoms with van der Waals surface area (Å²) >= 11 is 0. The lowest BCUT2D eigenvalue weighted by Crippen LogP contribution is -2.49. The lowest BCUT2D eigenvalue weighted by molar-refractivity contribution is 0.0918. The number of piperidine rings is 1. The Morgan fingerprint density at radius 1 is 1.10 bits per heavy atom. The van der Waals surface area contributed by atoms with Crippen LogP contribution >= 0.6 is 0 Å². The molecule has 0 aliphatic carbocycles. The number of hydrogen-bond acceptors (Lipinski definition) is 3. The molecule has 1 aliphatic heterocycles. The molecule has 1 heterocycles. The zero-order valence-electron chi connectivity index (χ0n) is 17.1. The molecule has 0 spiro atoms. The van der Waals surface area contributed by atoms with Crippen molar-refractivity contribution in [1.29, 1.82) is 0 Å². The SMILES string of the molecule is COc1ccc(C)cc1CCNC(=O)N1CCC(NC(=O)c2ccccc2)CC1. The van der Waals surface area contributed by atoms with Gasteiger partial charge in [-0.3, -0.25) is 4.79 Å². The van der Waals surface area contributed by atoms with Gasteiger partial charge in [0.25, 0.3) is 5.91 Å².